The maximum absolute atomic E-state index is 13.2. The van der Waals surface area contributed by atoms with Crippen LogP contribution in [0.3, 0.4) is 0 Å². The molecule has 0 saturated carbocycles. The predicted molar refractivity (Wildman–Crippen MR) is 134 cm³/mol. The molecule has 0 aromatic heterocycles. The van der Waals surface area contributed by atoms with Crippen LogP contribution >= 0.6 is 0 Å². The highest BCUT2D eigenvalue weighted by Crippen LogP contribution is 2.33. The number of piperidine rings is 1. The van der Waals surface area contributed by atoms with Crippen molar-refractivity contribution in [1.29, 1.82) is 0 Å². The average Bonchev–Trinajstić information content (AvgIpc) is 2.84. The molecule has 7 heteroatoms. The van der Waals surface area contributed by atoms with E-state index >= 15 is 0 Å². The van der Waals surface area contributed by atoms with Gasteiger partial charge in [0.1, 0.15) is 11.6 Å². The molecule has 1 fully saturated rings. The first-order valence-corrected chi connectivity index (χ1v) is 13.3. The lowest BCUT2D eigenvalue weighted by atomic mass is 9.86. The van der Waals surface area contributed by atoms with Crippen molar-refractivity contribution in [3.05, 3.63) is 95.3 Å². The van der Waals surface area contributed by atoms with E-state index in [9.17, 15) is 12.8 Å². The summed E-state index contributed by atoms with van der Waals surface area (Å²) >= 11 is 0. The van der Waals surface area contributed by atoms with E-state index in [1.165, 1.54) is 28.3 Å². The minimum atomic E-state index is -3.47. The third-order valence-electron chi connectivity index (χ3n) is 6.48. The SMILES string of the molecule is COc1ccc(N(Cc2ccccc2C2CCN(Cc3ccc(F)cc3)CC2)S(C)(=O)=O)cc1. The molecule has 1 heterocycles. The number of hydrogen-bond donors (Lipinski definition) is 0. The van der Waals surface area contributed by atoms with Gasteiger partial charge in [0.05, 0.1) is 25.6 Å². The number of anilines is 1. The van der Waals surface area contributed by atoms with E-state index in [0.29, 0.717) is 17.4 Å². The van der Waals surface area contributed by atoms with E-state index in [-0.39, 0.29) is 12.4 Å². The van der Waals surface area contributed by atoms with Crippen LogP contribution in [0.2, 0.25) is 0 Å². The van der Waals surface area contributed by atoms with Crippen molar-refractivity contribution in [3.8, 4) is 5.75 Å². The van der Waals surface area contributed by atoms with Gasteiger partial charge in [-0.3, -0.25) is 9.21 Å². The van der Waals surface area contributed by atoms with Crippen LogP contribution in [-0.2, 0) is 23.1 Å². The Morgan fingerprint density at radius 3 is 2.24 bits per heavy atom. The number of benzene rings is 3. The van der Waals surface area contributed by atoms with Gasteiger partial charge >= 0.3 is 0 Å². The van der Waals surface area contributed by atoms with Gasteiger partial charge in [-0.25, -0.2) is 12.8 Å². The monoisotopic (exact) mass is 482 g/mol. The predicted octanol–water partition coefficient (Wildman–Crippen LogP) is 5.18. The van der Waals surface area contributed by atoms with Crippen molar-refractivity contribution >= 4 is 15.7 Å². The average molecular weight is 483 g/mol. The molecular formula is C27H31FN2O3S. The van der Waals surface area contributed by atoms with Crippen LogP contribution in [0.25, 0.3) is 0 Å². The zero-order valence-electron chi connectivity index (χ0n) is 19.7. The zero-order chi connectivity index (χ0) is 24.1. The molecule has 0 spiro atoms. The van der Waals surface area contributed by atoms with Crippen LogP contribution in [0.5, 0.6) is 5.75 Å². The van der Waals surface area contributed by atoms with Crippen molar-refractivity contribution in [2.45, 2.75) is 31.8 Å². The molecule has 1 aliphatic heterocycles. The quantitative estimate of drug-likeness (QED) is 0.444. The molecule has 0 radical (unpaired) electrons. The number of sulfonamides is 1. The summed E-state index contributed by atoms with van der Waals surface area (Å²) in [6.45, 7) is 3.00. The smallest absolute Gasteiger partial charge is 0.232 e. The lowest BCUT2D eigenvalue weighted by Crippen LogP contribution is -2.33. The molecule has 0 unspecified atom stereocenters. The number of rotatable bonds is 8. The molecule has 180 valence electrons. The highest BCUT2D eigenvalue weighted by molar-refractivity contribution is 7.92. The normalized spacial score (nSPS) is 15.3. The Labute approximate surface area is 201 Å². The Morgan fingerprint density at radius 2 is 1.62 bits per heavy atom. The Bertz CT molecular complexity index is 1190. The van der Waals surface area contributed by atoms with Crippen molar-refractivity contribution in [3.63, 3.8) is 0 Å². The first-order chi connectivity index (χ1) is 16.3. The second kappa shape index (κ2) is 10.6. The topological polar surface area (TPSA) is 49.9 Å². The van der Waals surface area contributed by atoms with Crippen LogP contribution in [-0.4, -0.2) is 39.8 Å². The van der Waals surface area contributed by atoms with Gasteiger partial charge in [-0.2, -0.15) is 0 Å². The summed E-state index contributed by atoms with van der Waals surface area (Å²) in [5.74, 6) is 0.847. The molecule has 0 aliphatic carbocycles. The number of methoxy groups -OCH3 is 1. The lowest BCUT2D eigenvalue weighted by molar-refractivity contribution is 0.204. The van der Waals surface area contributed by atoms with Gasteiger partial charge in [-0.05, 0) is 84.9 Å². The van der Waals surface area contributed by atoms with Gasteiger partial charge < -0.3 is 4.74 Å². The molecular weight excluding hydrogens is 451 g/mol. The maximum Gasteiger partial charge on any atom is 0.232 e. The van der Waals surface area contributed by atoms with Gasteiger partial charge in [0.2, 0.25) is 10.0 Å². The van der Waals surface area contributed by atoms with Crippen LogP contribution < -0.4 is 9.04 Å². The van der Waals surface area contributed by atoms with E-state index in [0.717, 1.165) is 43.6 Å². The largest absolute Gasteiger partial charge is 0.497 e. The summed E-state index contributed by atoms with van der Waals surface area (Å²) in [4.78, 5) is 2.40. The number of nitrogens with zero attached hydrogens (tertiary/aromatic N) is 2. The Hall–Kier alpha value is -2.90. The molecule has 0 bridgehead atoms. The molecule has 1 saturated heterocycles. The van der Waals surface area contributed by atoms with Gasteiger partial charge in [0.15, 0.2) is 0 Å². The van der Waals surface area contributed by atoms with Crippen LogP contribution in [0.4, 0.5) is 10.1 Å². The standard InChI is InChI=1S/C27H31FN2O3S/c1-33-26-13-11-25(12-14-26)30(34(2,31)32)20-23-5-3-4-6-27(23)22-15-17-29(18-16-22)19-21-7-9-24(28)10-8-21/h3-14,22H,15-20H2,1-2H3. The van der Waals surface area contributed by atoms with E-state index in [2.05, 4.69) is 11.0 Å². The summed E-state index contributed by atoms with van der Waals surface area (Å²) in [5.41, 5.74) is 3.97. The second-order valence-corrected chi connectivity index (χ2v) is 10.8. The first kappa shape index (κ1) is 24.2. The van der Waals surface area contributed by atoms with Crippen molar-refractivity contribution < 1.29 is 17.5 Å². The molecule has 0 N–H and O–H groups in total. The zero-order valence-corrected chi connectivity index (χ0v) is 20.5. The number of hydrogen-bond acceptors (Lipinski definition) is 4. The van der Waals surface area contributed by atoms with Crippen LogP contribution in [0, 0.1) is 5.82 Å². The van der Waals surface area contributed by atoms with Crippen molar-refractivity contribution in [2.24, 2.45) is 0 Å². The first-order valence-electron chi connectivity index (χ1n) is 11.5. The summed E-state index contributed by atoms with van der Waals surface area (Å²) in [5, 5.41) is 0. The maximum atomic E-state index is 13.2. The highest BCUT2D eigenvalue weighted by atomic mass is 32.2. The highest BCUT2D eigenvalue weighted by Gasteiger charge is 2.25. The summed E-state index contributed by atoms with van der Waals surface area (Å²) in [6, 6.07) is 22.0. The van der Waals surface area contributed by atoms with Crippen LogP contribution in [0.1, 0.15) is 35.4 Å². The van der Waals surface area contributed by atoms with E-state index in [1.54, 1.807) is 31.4 Å². The Morgan fingerprint density at radius 1 is 0.971 bits per heavy atom. The molecule has 3 aromatic rings. The number of ether oxygens (including phenoxy) is 1. The third-order valence-corrected chi connectivity index (χ3v) is 7.62. The minimum Gasteiger partial charge on any atom is -0.497 e. The van der Waals surface area contributed by atoms with Crippen molar-refractivity contribution in [2.75, 3.05) is 30.8 Å². The van der Waals surface area contributed by atoms with E-state index < -0.39 is 10.0 Å². The Balaban J connectivity index is 1.48. The van der Waals surface area contributed by atoms with Crippen LogP contribution in [0.15, 0.2) is 72.8 Å². The molecule has 4 rings (SSSR count). The second-order valence-electron chi connectivity index (χ2n) is 8.84. The fraction of sp³-hybridized carbons (Fsp3) is 0.333. The van der Waals surface area contributed by atoms with Crippen molar-refractivity contribution in [1.82, 2.24) is 4.90 Å². The molecule has 0 amide bonds. The van der Waals surface area contributed by atoms with Gasteiger partial charge in [-0.15, -0.1) is 0 Å². The molecule has 5 nitrogen and oxygen atoms in total. The van der Waals surface area contributed by atoms with E-state index in [4.69, 9.17) is 4.74 Å². The number of likely N-dealkylation sites (tertiary alicyclic amines) is 1. The van der Waals surface area contributed by atoms with E-state index in [1.807, 2.05) is 30.3 Å². The van der Waals surface area contributed by atoms with Gasteiger partial charge in [0.25, 0.3) is 0 Å². The lowest BCUT2D eigenvalue weighted by Gasteiger charge is -2.33. The molecule has 3 aromatic carbocycles. The third kappa shape index (κ3) is 5.96. The fourth-order valence-corrected chi connectivity index (χ4v) is 5.51. The summed E-state index contributed by atoms with van der Waals surface area (Å²) in [6.07, 6.45) is 3.24. The van der Waals surface area contributed by atoms with Gasteiger partial charge in [0, 0.05) is 6.54 Å². The fourth-order valence-electron chi connectivity index (χ4n) is 4.63. The molecule has 1 aliphatic rings. The minimum absolute atomic E-state index is 0.211. The Kier molecular flexibility index (Phi) is 7.54. The molecule has 0 atom stereocenters. The molecule has 34 heavy (non-hydrogen) atoms. The van der Waals surface area contributed by atoms with Gasteiger partial charge in [-0.1, -0.05) is 36.4 Å². The number of halogens is 1. The summed E-state index contributed by atoms with van der Waals surface area (Å²) < 4.78 is 45.2. The summed E-state index contributed by atoms with van der Waals surface area (Å²) in [7, 11) is -1.88.